The monoisotopic (exact) mass is 248 g/mol. The Bertz CT molecular complexity index is 440. The molecule has 6 heteroatoms. The molecule has 0 heterocycles. The molecule has 0 fully saturated rings. The summed E-state index contributed by atoms with van der Waals surface area (Å²) in [6.07, 6.45) is -0.899. The highest BCUT2D eigenvalue weighted by Gasteiger charge is 2.23. The Balaban J connectivity index is 2.99. The quantitative estimate of drug-likeness (QED) is 0.735. The zero-order valence-electron chi connectivity index (χ0n) is 9.01. The lowest BCUT2D eigenvalue weighted by atomic mass is 10.3. The van der Waals surface area contributed by atoms with Gasteiger partial charge >= 0.3 is 0 Å². The second-order valence-electron chi connectivity index (χ2n) is 3.11. The Kier molecular flexibility index (Phi) is 4.40. The van der Waals surface area contributed by atoms with Crippen LogP contribution in [-0.4, -0.2) is 34.7 Å². The van der Waals surface area contributed by atoms with Crippen LogP contribution in [0.3, 0.4) is 0 Å². The van der Waals surface area contributed by atoms with E-state index in [0.29, 0.717) is 0 Å². The molecule has 0 unspecified atom stereocenters. The molecule has 0 amide bonds. The maximum atomic E-state index is 13.3. The second kappa shape index (κ2) is 5.38. The molecule has 4 nitrogen and oxygen atoms in total. The van der Waals surface area contributed by atoms with Gasteiger partial charge in [-0.15, -0.1) is 0 Å². The Labute approximate surface area is 93.9 Å². The van der Waals surface area contributed by atoms with Crippen molar-refractivity contribution in [1.29, 1.82) is 0 Å². The normalized spacial score (nSPS) is 12.0. The predicted molar refractivity (Wildman–Crippen MR) is 56.3 cm³/mol. The molecule has 0 saturated carbocycles. The van der Waals surface area contributed by atoms with E-state index in [1.807, 2.05) is 0 Å². The van der Waals surface area contributed by atoms with E-state index in [4.69, 9.17) is 9.47 Å². The number of halogens is 1. The van der Waals surface area contributed by atoms with Crippen LogP contribution < -0.4 is 0 Å². The minimum absolute atomic E-state index is 0.339. The van der Waals surface area contributed by atoms with Crippen LogP contribution in [0.4, 0.5) is 4.39 Å². The molecular formula is C10H13FO4S. The van der Waals surface area contributed by atoms with E-state index in [9.17, 15) is 12.8 Å². The first kappa shape index (κ1) is 13.1. The van der Waals surface area contributed by atoms with Crippen LogP contribution in [0.15, 0.2) is 29.2 Å². The SMILES string of the molecule is COC(CS(=O)(=O)c1ccccc1F)OC. The van der Waals surface area contributed by atoms with E-state index >= 15 is 0 Å². The van der Waals surface area contributed by atoms with Crippen molar-refractivity contribution in [3.05, 3.63) is 30.1 Å². The highest BCUT2D eigenvalue weighted by atomic mass is 32.2. The summed E-state index contributed by atoms with van der Waals surface area (Å²) in [5.41, 5.74) is 0. The van der Waals surface area contributed by atoms with Gasteiger partial charge in [0.05, 0.1) is 0 Å². The number of rotatable bonds is 5. The number of sulfone groups is 1. The third-order valence-corrected chi connectivity index (χ3v) is 3.77. The Morgan fingerprint density at radius 3 is 2.31 bits per heavy atom. The lowest BCUT2D eigenvalue weighted by Crippen LogP contribution is -2.25. The zero-order valence-corrected chi connectivity index (χ0v) is 9.83. The van der Waals surface area contributed by atoms with Crippen LogP contribution in [-0.2, 0) is 19.3 Å². The molecule has 1 rings (SSSR count). The summed E-state index contributed by atoms with van der Waals surface area (Å²) in [6.45, 7) is 0. The van der Waals surface area contributed by atoms with Crippen molar-refractivity contribution in [3.8, 4) is 0 Å². The third kappa shape index (κ3) is 3.01. The van der Waals surface area contributed by atoms with Gasteiger partial charge in [-0.3, -0.25) is 0 Å². The van der Waals surface area contributed by atoms with Crippen molar-refractivity contribution in [2.75, 3.05) is 20.0 Å². The van der Waals surface area contributed by atoms with Crippen LogP contribution in [0, 0.1) is 5.82 Å². The molecule has 1 aromatic carbocycles. The molecule has 0 atom stereocenters. The molecule has 0 aliphatic heterocycles. The van der Waals surface area contributed by atoms with E-state index < -0.39 is 27.7 Å². The first-order chi connectivity index (χ1) is 7.51. The number of hydrogen-bond donors (Lipinski definition) is 0. The minimum Gasteiger partial charge on any atom is -0.355 e. The summed E-state index contributed by atoms with van der Waals surface area (Å²) in [4.78, 5) is -0.339. The van der Waals surface area contributed by atoms with E-state index in [2.05, 4.69) is 0 Å². The fourth-order valence-corrected chi connectivity index (χ4v) is 2.66. The number of ether oxygens (including phenoxy) is 2. The van der Waals surface area contributed by atoms with Crippen molar-refractivity contribution in [3.63, 3.8) is 0 Å². The lowest BCUT2D eigenvalue weighted by molar-refractivity contribution is -0.0852. The molecule has 0 radical (unpaired) electrons. The summed E-state index contributed by atoms with van der Waals surface area (Å²) < 4.78 is 46.4. The summed E-state index contributed by atoms with van der Waals surface area (Å²) in [6, 6.07) is 5.21. The summed E-state index contributed by atoms with van der Waals surface area (Å²) in [7, 11) is -1.09. The van der Waals surface area contributed by atoms with Crippen molar-refractivity contribution >= 4 is 9.84 Å². The van der Waals surface area contributed by atoms with Crippen LogP contribution >= 0.6 is 0 Å². The second-order valence-corrected chi connectivity index (χ2v) is 5.12. The first-order valence-electron chi connectivity index (χ1n) is 4.54. The van der Waals surface area contributed by atoms with Gasteiger partial charge in [0.25, 0.3) is 0 Å². The van der Waals surface area contributed by atoms with E-state index in [1.54, 1.807) is 0 Å². The van der Waals surface area contributed by atoms with Gasteiger partial charge in [0.1, 0.15) is 16.5 Å². The molecule has 16 heavy (non-hydrogen) atoms. The van der Waals surface area contributed by atoms with Gasteiger partial charge in [-0.1, -0.05) is 12.1 Å². The van der Waals surface area contributed by atoms with Crippen LogP contribution in [0.5, 0.6) is 0 Å². The molecule has 0 aliphatic rings. The fourth-order valence-electron chi connectivity index (χ4n) is 1.20. The van der Waals surface area contributed by atoms with Crippen LogP contribution in [0.25, 0.3) is 0 Å². The van der Waals surface area contributed by atoms with Gasteiger partial charge in [0.2, 0.25) is 0 Å². The lowest BCUT2D eigenvalue weighted by Gasteiger charge is -2.13. The van der Waals surface area contributed by atoms with Gasteiger partial charge in [0.15, 0.2) is 16.1 Å². The molecule has 1 aromatic rings. The molecule has 0 saturated heterocycles. The zero-order chi connectivity index (χ0) is 12.2. The first-order valence-corrected chi connectivity index (χ1v) is 6.19. The van der Waals surface area contributed by atoms with Crippen LogP contribution in [0.2, 0.25) is 0 Å². The maximum Gasteiger partial charge on any atom is 0.186 e. The van der Waals surface area contributed by atoms with Gasteiger partial charge in [-0.2, -0.15) is 0 Å². The highest BCUT2D eigenvalue weighted by molar-refractivity contribution is 7.91. The fraction of sp³-hybridized carbons (Fsp3) is 0.400. The summed E-state index contributed by atoms with van der Waals surface area (Å²) >= 11 is 0. The Morgan fingerprint density at radius 1 is 1.25 bits per heavy atom. The highest BCUT2D eigenvalue weighted by Crippen LogP contribution is 2.16. The number of hydrogen-bond acceptors (Lipinski definition) is 4. The Morgan fingerprint density at radius 2 is 1.81 bits per heavy atom. The van der Waals surface area contributed by atoms with Crippen molar-refractivity contribution < 1.29 is 22.3 Å². The van der Waals surface area contributed by atoms with Crippen molar-refractivity contribution in [1.82, 2.24) is 0 Å². The summed E-state index contributed by atoms with van der Waals surface area (Å²) in [5, 5.41) is 0. The van der Waals surface area contributed by atoms with Gasteiger partial charge in [0, 0.05) is 14.2 Å². The van der Waals surface area contributed by atoms with E-state index in [1.165, 1.54) is 32.4 Å². The smallest absolute Gasteiger partial charge is 0.186 e. The number of methoxy groups -OCH3 is 2. The van der Waals surface area contributed by atoms with Gasteiger partial charge < -0.3 is 9.47 Å². The predicted octanol–water partition coefficient (Wildman–Crippen LogP) is 1.22. The molecule has 90 valence electrons. The Hall–Kier alpha value is -0.980. The number of benzene rings is 1. The largest absolute Gasteiger partial charge is 0.355 e. The van der Waals surface area contributed by atoms with E-state index in [0.717, 1.165) is 6.07 Å². The molecule has 0 spiro atoms. The molecule has 0 aromatic heterocycles. The standard InChI is InChI=1S/C10H13FO4S/c1-14-10(15-2)7-16(12,13)9-6-4-3-5-8(9)11/h3-6,10H,7H2,1-2H3. The van der Waals surface area contributed by atoms with Crippen molar-refractivity contribution in [2.45, 2.75) is 11.2 Å². The molecule has 0 aliphatic carbocycles. The summed E-state index contributed by atoms with van der Waals surface area (Å²) in [5.74, 6) is -1.19. The minimum atomic E-state index is -3.74. The maximum absolute atomic E-state index is 13.3. The van der Waals surface area contributed by atoms with E-state index in [-0.39, 0.29) is 4.90 Å². The van der Waals surface area contributed by atoms with Gasteiger partial charge in [-0.25, -0.2) is 12.8 Å². The average Bonchev–Trinajstić information content (AvgIpc) is 2.26. The van der Waals surface area contributed by atoms with Crippen LogP contribution in [0.1, 0.15) is 0 Å². The third-order valence-electron chi connectivity index (χ3n) is 2.05. The molecule has 0 N–H and O–H groups in total. The topological polar surface area (TPSA) is 52.6 Å². The molecular weight excluding hydrogens is 235 g/mol. The van der Waals surface area contributed by atoms with Gasteiger partial charge in [-0.05, 0) is 12.1 Å². The average molecular weight is 248 g/mol. The molecule has 0 bridgehead atoms. The van der Waals surface area contributed by atoms with Crippen molar-refractivity contribution in [2.24, 2.45) is 0 Å².